The van der Waals surface area contributed by atoms with Gasteiger partial charge < -0.3 is 14.8 Å². The van der Waals surface area contributed by atoms with Crippen LogP contribution in [0.2, 0.25) is 0 Å². The third kappa shape index (κ3) is 3.28. The Morgan fingerprint density at radius 3 is 2.79 bits per heavy atom. The molecule has 1 aromatic carbocycles. The number of nitrogens with one attached hydrogen (secondary N) is 1. The molecule has 0 aliphatic carbocycles. The Morgan fingerprint density at radius 2 is 2.26 bits per heavy atom. The highest BCUT2D eigenvalue weighted by molar-refractivity contribution is 5.37. The Morgan fingerprint density at radius 1 is 1.47 bits per heavy atom. The monoisotopic (exact) mass is 263 g/mol. The molecular weight excluding hydrogens is 238 g/mol. The summed E-state index contributed by atoms with van der Waals surface area (Å²) in [7, 11) is 1.72. The molecule has 1 aliphatic rings. The molecule has 0 radical (unpaired) electrons. The van der Waals surface area contributed by atoms with E-state index in [0.29, 0.717) is 18.1 Å². The summed E-state index contributed by atoms with van der Waals surface area (Å²) >= 11 is 0. The van der Waals surface area contributed by atoms with E-state index in [1.54, 1.807) is 7.11 Å². The first-order valence-corrected chi connectivity index (χ1v) is 7.15. The van der Waals surface area contributed by atoms with Crippen molar-refractivity contribution < 1.29 is 9.47 Å². The molecule has 1 aromatic rings. The third-order valence-electron chi connectivity index (χ3n) is 3.90. The van der Waals surface area contributed by atoms with E-state index in [-0.39, 0.29) is 0 Å². The van der Waals surface area contributed by atoms with Crippen LogP contribution in [-0.2, 0) is 4.74 Å². The van der Waals surface area contributed by atoms with Crippen molar-refractivity contribution in [2.75, 3.05) is 20.3 Å². The predicted octanol–water partition coefficient (Wildman–Crippen LogP) is 3.08. The van der Waals surface area contributed by atoms with Gasteiger partial charge in [-0.2, -0.15) is 0 Å². The van der Waals surface area contributed by atoms with E-state index >= 15 is 0 Å². The number of benzene rings is 1. The molecule has 0 saturated carbocycles. The van der Waals surface area contributed by atoms with Crippen LogP contribution >= 0.6 is 0 Å². The lowest BCUT2D eigenvalue weighted by Crippen LogP contribution is -2.28. The molecule has 1 heterocycles. The van der Waals surface area contributed by atoms with E-state index in [1.807, 2.05) is 0 Å². The number of hydrogen-bond acceptors (Lipinski definition) is 3. The van der Waals surface area contributed by atoms with Gasteiger partial charge in [0, 0.05) is 12.0 Å². The standard InChI is InChI=1S/C16H25NO2/c1-5-17-16(14-9-12(3)19-10-14)13-6-7-15(18-4)11(2)8-13/h6-8,12,14,16-17H,5,9-10H2,1-4H3. The zero-order valence-electron chi connectivity index (χ0n) is 12.4. The Bertz CT molecular complexity index is 419. The first kappa shape index (κ1) is 14.4. The fourth-order valence-corrected chi connectivity index (χ4v) is 2.95. The van der Waals surface area contributed by atoms with Crippen molar-refractivity contribution in [3.8, 4) is 5.75 Å². The fourth-order valence-electron chi connectivity index (χ4n) is 2.95. The van der Waals surface area contributed by atoms with Gasteiger partial charge in [0.25, 0.3) is 0 Å². The highest BCUT2D eigenvalue weighted by atomic mass is 16.5. The second-order valence-corrected chi connectivity index (χ2v) is 5.40. The van der Waals surface area contributed by atoms with E-state index in [1.165, 1.54) is 11.1 Å². The Labute approximate surface area is 116 Å². The van der Waals surface area contributed by atoms with E-state index in [9.17, 15) is 0 Å². The molecular formula is C16H25NO2. The quantitative estimate of drug-likeness (QED) is 0.885. The van der Waals surface area contributed by atoms with Crippen LogP contribution in [0.1, 0.15) is 37.4 Å². The third-order valence-corrected chi connectivity index (χ3v) is 3.90. The molecule has 3 atom stereocenters. The zero-order valence-corrected chi connectivity index (χ0v) is 12.4. The van der Waals surface area contributed by atoms with Crippen LogP contribution in [-0.4, -0.2) is 26.4 Å². The van der Waals surface area contributed by atoms with Crippen molar-refractivity contribution in [2.45, 2.75) is 39.3 Å². The minimum absolute atomic E-state index is 0.375. The second-order valence-electron chi connectivity index (χ2n) is 5.40. The summed E-state index contributed by atoms with van der Waals surface area (Å²) in [5.74, 6) is 1.51. The van der Waals surface area contributed by atoms with Crippen LogP contribution in [0.5, 0.6) is 5.75 Å². The minimum atomic E-state index is 0.375. The molecule has 3 unspecified atom stereocenters. The number of rotatable bonds is 5. The Balaban J connectivity index is 2.21. The summed E-state index contributed by atoms with van der Waals surface area (Å²) in [6.45, 7) is 8.23. The molecule has 3 nitrogen and oxygen atoms in total. The number of methoxy groups -OCH3 is 1. The van der Waals surface area contributed by atoms with Crippen molar-refractivity contribution in [2.24, 2.45) is 5.92 Å². The Hall–Kier alpha value is -1.06. The van der Waals surface area contributed by atoms with Crippen molar-refractivity contribution >= 4 is 0 Å². The van der Waals surface area contributed by atoms with Gasteiger partial charge >= 0.3 is 0 Å². The van der Waals surface area contributed by atoms with Gasteiger partial charge in [0.05, 0.1) is 19.8 Å². The maximum Gasteiger partial charge on any atom is 0.121 e. The van der Waals surface area contributed by atoms with Gasteiger partial charge in [-0.05, 0) is 44.0 Å². The van der Waals surface area contributed by atoms with E-state index in [4.69, 9.17) is 9.47 Å². The average Bonchev–Trinajstić information content (AvgIpc) is 2.82. The van der Waals surface area contributed by atoms with E-state index in [2.05, 4.69) is 44.3 Å². The zero-order chi connectivity index (χ0) is 13.8. The van der Waals surface area contributed by atoms with Crippen LogP contribution < -0.4 is 10.1 Å². The molecule has 2 rings (SSSR count). The summed E-state index contributed by atoms with van der Waals surface area (Å²) < 4.78 is 11.1. The summed E-state index contributed by atoms with van der Waals surface area (Å²) in [5, 5.41) is 3.61. The number of aryl methyl sites for hydroxylation is 1. The van der Waals surface area contributed by atoms with Crippen LogP contribution in [0.25, 0.3) is 0 Å². The molecule has 1 aliphatic heterocycles. The van der Waals surface area contributed by atoms with Crippen molar-refractivity contribution in [3.63, 3.8) is 0 Å². The smallest absolute Gasteiger partial charge is 0.121 e. The molecule has 0 amide bonds. The highest BCUT2D eigenvalue weighted by Gasteiger charge is 2.30. The lowest BCUT2D eigenvalue weighted by molar-refractivity contribution is 0.117. The molecule has 106 valence electrons. The molecule has 1 fully saturated rings. The van der Waals surface area contributed by atoms with Crippen molar-refractivity contribution in [1.82, 2.24) is 5.32 Å². The molecule has 0 aromatic heterocycles. The van der Waals surface area contributed by atoms with Crippen LogP contribution in [0.4, 0.5) is 0 Å². The lowest BCUT2D eigenvalue weighted by Gasteiger charge is -2.24. The molecule has 0 bridgehead atoms. The fraction of sp³-hybridized carbons (Fsp3) is 0.625. The van der Waals surface area contributed by atoms with Gasteiger partial charge in [0.1, 0.15) is 5.75 Å². The minimum Gasteiger partial charge on any atom is -0.496 e. The summed E-state index contributed by atoms with van der Waals surface area (Å²) in [6, 6.07) is 6.84. The van der Waals surface area contributed by atoms with Crippen LogP contribution in [0.3, 0.4) is 0 Å². The van der Waals surface area contributed by atoms with Crippen molar-refractivity contribution in [3.05, 3.63) is 29.3 Å². The molecule has 1 N–H and O–H groups in total. The number of ether oxygens (including phenoxy) is 2. The molecule has 1 saturated heterocycles. The first-order chi connectivity index (χ1) is 9.15. The SMILES string of the molecule is CCNC(c1ccc(OC)c(C)c1)C1COC(C)C1. The topological polar surface area (TPSA) is 30.5 Å². The van der Waals surface area contributed by atoms with E-state index < -0.39 is 0 Å². The summed E-state index contributed by atoms with van der Waals surface area (Å²) in [4.78, 5) is 0. The molecule has 19 heavy (non-hydrogen) atoms. The van der Waals surface area contributed by atoms with Gasteiger partial charge in [-0.25, -0.2) is 0 Å². The van der Waals surface area contributed by atoms with Gasteiger partial charge in [0.2, 0.25) is 0 Å². The first-order valence-electron chi connectivity index (χ1n) is 7.15. The lowest BCUT2D eigenvalue weighted by atomic mass is 9.90. The van der Waals surface area contributed by atoms with Crippen molar-refractivity contribution in [1.29, 1.82) is 0 Å². The molecule has 3 heteroatoms. The average molecular weight is 263 g/mol. The van der Waals surface area contributed by atoms with E-state index in [0.717, 1.165) is 25.3 Å². The Kier molecular flexibility index (Phi) is 4.83. The maximum atomic E-state index is 5.72. The van der Waals surface area contributed by atoms with Gasteiger partial charge in [-0.3, -0.25) is 0 Å². The highest BCUT2D eigenvalue weighted by Crippen LogP contribution is 2.33. The number of hydrogen-bond donors (Lipinski definition) is 1. The maximum absolute atomic E-state index is 5.72. The summed E-state index contributed by atoms with van der Waals surface area (Å²) in [5.41, 5.74) is 2.53. The largest absolute Gasteiger partial charge is 0.496 e. The molecule has 0 spiro atoms. The normalized spacial score (nSPS) is 24.4. The van der Waals surface area contributed by atoms with Crippen LogP contribution in [0.15, 0.2) is 18.2 Å². The predicted molar refractivity (Wildman–Crippen MR) is 77.7 cm³/mol. The van der Waals surface area contributed by atoms with Gasteiger partial charge in [0.15, 0.2) is 0 Å². The van der Waals surface area contributed by atoms with Gasteiger partial charge in [-0.1, -0.05) is 19.1 Å². The van der Waals surface area contributed by atoms with Gasteiger partial charge in [-0.15, -0.1) is 0 Å². The second kappa shape index (κ2) is 6.40. The summed E-state index contributed by atoms with van der Waals surface area (Å²) in [6.07, 6.45) is 1.51. The van der Waals surface area contributed by atoms with Crippen LogP contribution in [0, 0.1) is 12.8 Å².